The number of para-hydroxylation sites is 3. The van der Waals surface area contributed by atoms with Crippen LogP contribution >= 0.6 is 0 Å². The topological polar surface area (TPSA) is 9.72 Å². The summed E-state index contributed by atoms with van der Waals surface area (Å²) < 4.78 is 0. The number of hydrogen-bond acceptors (Lipinski definition) is 3. The molecule has 3 nitrogen and oxygen atoms in total. The van der Waals surface area contributed by atoms with E-state index in [0.29, 0.717) is 0 Å². The first-order chi connectivity index (χ1) is 45.6. The highest BCUT2D eigenvalue weighted by atomic mass is 15.3. The van der Waals surface area contributed by atoms with Gasteiger partial charge >= 0.3 is 0 Å². The van der Waals surface area contributed by atoms with Crippen LogP contribution in [0.5, 0.6) is 0 Å². The Morgan fingerprint density at radius 1 is 0.253 bits per heavy atom. The Balaban J connectivity index is 0.939. The number of hydrogen-bond donors (Lipinski definition) is 0. The first-order valence-corrected chi connectivity index (χ1v) is 35.9. The van der Waals surface area contributed by atoms with Gasteiger partial charge in [0, 0.05) is 50.4 Å². The lowest BCUT2D eigenvalue weighted by Gasteiger charge is -2.59. The van der Waals surface area contributed by atoms with E-state index in [1.807, 2.05) is 0 Å². The molecule has 3 aliphatic carbocycles. The second-order valence-corrected chi connectivity index (χ2v) is 33.2. The maximum atomic E-state index is 2.76. The van der Waals surface area contributed by atoms with Gasteiger partial charge in [-0.2, -0.15) is 0 Å². The Hall–Kier alpha value is -8.66. The van der Waals surface area contributed by atoms with Crippen LogP contribution in [-0.4, -0.2) is 16.6 Å². The van der Waals surface area contributed by atoms with Crippen LogP contribution in [0, 0.1) is 16.2 Å². The van der Waals surface area contributed by atoms with Crippen molar-refractivity contribution in [2.75, 3.05) is 14.7 Å². The van der Waals surface area contributed by atoms with E-state index < -0.39 is 0 Å². The van der Waals surface area contributed by atoms with Crippen molar-refractivity contribution in [2.24, 2.45) is 16.2 Å². The molecule has 474 valence electrons. The predicted octanol–water partition coefficient (Wildman–Crippen LogP) is 25.5. The third-order valence-electron chi connectivity index (χ3n) is 28.4. The minimum absolute atomic E-state index is 0.0447. The van der Waals surface area contributed by atoms with Gasteiger partial charge in [0.25, 0.3) is 0 Å². The maximum absolute atomic E-state index is 2.76. The van der Waals surface area contributed by atoms with Gasteiger partial charge in [-0.15, -0.1) is 0 Å². The summed E-state index contributed by atoms with van der Waals surface area (Å²) >= 11 is 0. The fourth-order valence-corrected chi connectivity index (χ4v) is 22.3. The molecule has 0 aromatic heterocycles. The van der Waals surface area contributed by atoms with E-state index in [9.17, 15) is 0 Å². The summed E-state index contributed by atoms with van der Waals surface area (Å²) in [7, 11) is 0. The standard InChI is InChI=1S/C92H91N3/c1-84(2)48-25-51-87(7)76-54-60(38-45-79(76)93(90(84,87)10)63-30-16-13-17-31-63)72-57-73(61-39-46-80-77(55-61)88(8)52-26-49-85(3,4)91(88,11)94(80)64-32-18-14-19-33-64)69-43-44-71-75(67-37-24-29-59-28-22-23-36-66(59)67)58-74(70-42-41-68(72)82(69)83(70)71)62-40-47-81-78(56-62)89(9)53-27-50-86(5,6)92(89,12)95(81)65-34-20-15-21-35-65/h13-24,28-47,54-58H,25-27,48-53H2,1-12H3. The molecule has 6 unspecified atom stereocenters. The Kier molecular flexibility index (Phi) is 12.2. The molecule has 0 amide bonds. The molecule has 0 N–H and O–H groups in total. The third-order valence-corrected chi connectivity index (χ3v) is 28.4. The first kappa shape index (κ1) is 58.9. The van der Waals surface area contributed by atoms with Gasteiger partial charge in [-0.1, -0.05) is 221 Å². The van der Waals surface area contributed by atoms with E-state index in [1.165, 1.54) is 177 Å². The van der Waals surface area contributed by atoms with Crippen LogP contribution in [0.1, 0.15) is 158 Å². The molecule has 95 heavy (non-hydrogen) atoms. The number of benzene rings is 12. The molecular formula is C92H91N3. The van der Waals surface area contributed by atoms with Crippen molar-refractivity contribution in [3.63, 3.8) is 0 Å². The summed E-state index contributed by atoms with van der Waals surface area (Å²) in [5, 5.41) is 10.5. The Bertz CT molecular complexity index is 4990. The molecule has 18 rings (SSSR count). The quantitative estimate of drug-likeness (QED) is 0.147. The van der Waals surface area contributed by atoms with Crippen LogP contribution < -0.4 is 14.7 Å². The summed E-state index contributed by atoms with van der Waals surface area (Å²) in [6.07, 6.45) is 10.6. The average molecular weight is 1240 g/mol. The van der Waals surface area contributed by atoms with Crippen LogP contribution in [0.25, 0.3) is 87.6 Å². The fraction of sp³-hybridized carbons (Fsp3) is 0.326. The molecule has 6 atom stereocenters. The molecule has 0 radical (unpaired) electrons. The highest BCUT2D eigenvalue weighted by molar-refractivity contribution is 6.32. The zero-order valence-corrected chi connectivity index (χ0v) is 58.1. The Morgan fingerprint density at radius 3 is 0.937 bits per heavy atom. The van der Waals surface area contributed by atoms with Gasteiger partial charge in [0.1, 0.15) is 0 Å². The molecular weight excluding hydrogens is 1150 g/mol. The minimum atomic E-state index is -0.167. The van der Waals surface area contributed by atoms with Crippen LogP contribution in [0.4, 0.5) is 34.1 Å². The average Bonchev–Trinajstić information content (AvgIpc) is 1.57. The SMILES string of the molecule is CC1(C)CCCC2(C)c3cc(-c4cc(-c5ccc6c(c5)C5(C)CCCC(C)(C)C5(C)N6c5ccccc5)c5ccc6c(-c7cccc8ccccc78)cc(-c7ccc8c(c7)C7(C)CCCC(C)(C)C7(C)N8c7ccccc7)c7ccc4c5c76)ccc3N(c3ccccc3)C12C. The van der Waals surface area contributed by atoms with Gasteiger partial charge < -0.3 is 14.7 Å². The zero-order chi connectivity index (χ0) is 65.2. The van der Waals surface area contributed by atoms with Crippen molar-refractivity contribution in [3.05, 3.63) is 241 Å². The lowest BCUT2D eigenvalue weighted by atomic mass is 9.51. The Labute approximate surface area is 564 Å². The van der Waals surface area contributed by atoms with Gasteiger partial charge in [-0.05, 0) is 265 Å². The van der Waals surface area contributed by atoms with Crippen molar-refractivity contribution >= 4 is 77.2 Å². The highest BCUT2D eigenvalue weighted by Crippen LogP contribution is 2.70. The van der Waals surface area contributed by atoms with E-state index in [4.69, 9.17) is 0 Å². The molecule has 3 fully saturated rings. The predicted molar refractivity (Wildman–Crippen MR) is 405 cm³/mol. The van der Waals surface area contributed by atoms with E-state index >= 15 is 0 Å². The summed E-state index contributed by atoms with van der Waals surface area (Å²) in [5.41, 5.74) is 21.9. The van der Waals surface area contributed by atoms with E-state index in [0.717, 1.165) is 19.3 Å². The molecule has 12 aromatic carbocycles. The second kappa shape index (κ2) is 19.7. The normalized spacial score (nSPS) is 26.8. The van der Waals surface area contributed by atoms with Gasteiger partial charge in [0.2, 0.25) is 0 Å². The van der Waals surface area contributed by atoms with Crippen LogP contribution in [0.15, 0.2) is 224 Å². The number of rotatable bonds is 7. The van der Waals surface area contributed by atoms with Gasteiger partial charge in [-0.3, -0.25) is 0 Å². The highest BCUT2D eigenvalue weighted by Gasteiger charge is 2.67. The van der Waals surface area contributed by atoms with Crippen LogP contribution in [-0.2, 0) is 16.2 Å². The van der Waals surface area contributed by atoms with Gasteiger partial charge in [0.05, 0.1) is 16.6 Å². The summed E-state index contributed by atoms with van der Waals surface area (Å²) in [4.78, 5) is 8.27. The number of anilines is 6. The van der Waals surface area contributed by atoms with Gasteiger partial charge in [-0.25, -0.2) is 0 Å². The first-order valence-electron chi connectivity index (χ1n) is 35.9. The smallest absolute Gasteiger partial charge is 0.0568 e. The molecule has 3 heteroatoms. The molecule has 3 aliphatic heterocycles. The fourth-order valence-electron chi connectivity index (χ4n) is 22.3. The molecule has 3 saturated carbocycles. The second-order valence-electron chi connectivity index (χ2n) is 33.2. The van der Waals surface area contributed by atoms with Gasteiger partial charge in [0.15, 0.2) is 0 Å². The largest absolute Gasteiger partial charge is 0.334 e. The minimum Gasteiger partial charge on any atom is -0.334 e. The lowest BCUT2D eigenvalue weighted by molar-refractivity contribution is 0.0484. The molecule has 6 aliphatic rings. The van der Waals surface area contributed by atoms with Crippen molar-refractivity contribution in [2.45, 2.75) is 174 Å². The summed E-state index contributed by atoms with van der Waals surface area (Å²) in [5.74, 6) is 0. The van der Waals surface area contributed by atoms with Crippen LogP contribution in [0.3, 0.4) is 0 Å². The monoisotopic (exact) mass is 1240 g/mol. The molecule has 0 spiro atoms. The molecule has 0 bridgehead atoms. The maximum Gasteiger partial charge on any atom is 0.0568 e. The summed E-state index contributed by atoms with van der Waals surface area (Å²) in [6.45, 7) is 30.9. The molecule has 3 heterocycles. The Morgan fingerprint density at radius 2 is 0.568 bits per heavy atom. The number of nitrogens with zero attached hydrogens (tertiary/aromatic N) is 3. The zero-order valence-electron chi connectivity index (χ0n) is 58.1. The lowest BCUT2D eigenvalue weighted by Crippen LogP contribution is -2.64. The van der Waals surface area contributed by atoms with E-state index in [2.05, 4.69) is 322 Å². The van der Waals surface area contributed by atoms with Crippen LogP contribution in [0.2, 0.25) is 0 Å². The van der Waals surface area contributed by atoms with Crippen molar-refractivity contribution in [1.82, 2.24) is 0 Å². The number of fused-ring (bicyclic) bond motifs is 10. The third kappa shape index (κ3) is 7.38. The van der Waals surface area contributed by atoms with Crippen molar-refractivity contribution in [1.29, 1.82) is 0 Å². The van der Waals surface area contributed by atoms with Crippen molar-refractivity contribution in [3.8, 4) is 44.5 Å². The molecule has 12 aromatic rings. The van der Waals surface area contributed by atoms with E-state index in [-0.39, 0.29) is 49.1 Å². The van der Waals surface area contributed by atoms with E-state index in [1.54, 1.807) is 0 Å². The molecule has 0 saturated heterocycles. The summed E-state index contributed by atoms with van der Waals surface area (Å²) in [6, 6.07) is 88.3. The van der Waals surface area contributed by atoms with Crippen molar-refractivity contribution < 1.29 is 0 Å².